The molecular weight excluding hydrogens is 467 g/mol. The van der Waals surface area contributed by atoms with Gasteiger partial charge < -0.3 is 20.1 Å². The van der Waals surface area contributed by atoms with Crippen LogP contribution in [-0.4, -0.2) is 38.8 Å². The highest BCUT2D eigenvalue weighted by Gasteiger charge is 2.06. The third kappa shape index (κ3) is 6.53. The molecule has 0 amide bonds. The Balaban J connectivity index is 0.00000338. The van der Waals surface area contributed by atoms with Gasteiger partial charge in [-0.1, -0.05) is 23.7 Å². The van der Waals surface area contributed by atoms with Gasteiger partial charge in [-0.3, -0.25) is 4.99 Å². The van der Waals surface area contributed by atoms with Gasteiger partial charge >= 0.3 is 0 Å². The number of hydrogen-bond acceptors (Lipinski definition) is 4. The van der Waals surface area contributed by atoms with Crippen LogP contribution in [0.2, 0.25) is 5.02 Å². The van der Waals surface area contributed by atoms with Crippen LogP contribution in [-0.2, 0) is 13.0 Å². The number of guanidine groups is 1. The Labute approximate surface area is 176 Å². The summed E-state index contributed by atoms with van der Waals surface area (Å²) in [5.74, 6) is 2.07. The van der Waals surface area contributed by atoms with Crippen LogP contribution in [0, 0.1) is 0 Å². The van der Waals surface area contributed by atoms with Crippen molar-refractivity contribution in [1.82, 2.24) is 15.6 Å². The number of halogens is 2. The third-order valence-electron chi connectivity index (χ3n) is 3.66. The maximum Gasteiger partial charge on any atom is 0.218 e. The van der Waals surface area contributed by atoms with Crippen LogP contribution >= 0.6 is 35.6 Å². The van der Waals surface area contributed by atoms with Crippen LogP contribution in [0.4, 0.5) is 0 Å². The van der Waals surface area contributed by atoms with E-state index in [1.807, 2.05) is 30.3 Å². The van der Waals surface area contributed by atoms with Crippen LogP contribution in [0.15, 0.2) is 41.5 Å². The zero-order valence-electron chi connectivity index (χ0n) is 15.1. The van der Waals surface area contributed by atoms with Crippen molar-refractivity contribution in [2.24, 2.45) is 4.99 Å². The van der Waals surface area contributed by atoms with Gasteiger partial charge in [-0.2, -0.15) is 0 Å². The van der Waals surface area contributed by atoms with Crippen molar-refractivity contribution in [2.75, 3.05) is 27.8 Å². The summed E-state index contributed by atoms with van der Waals surface area (Å²) in [5.41, 5.74) is 2.02. The quantitative estimate of drug-likeness (QED) is 0.354. The lowest BCUT2D eigenvalue weighted by Crippen LogP contribution is -2.38. The average molecular weight is 491 g/mol. The van der Waals surface area contributed by atoms with Gasteiger partial charge in [0.2, 0.25) is 5.88 Å². The summed E-state index contributed by atoms with van der Waals surface area (Å²) >= 11 is 6.26. The van der Waals surface area contributed by atoms with E-state index in [-0.39, 0.29) is 24.0 Å². The number of rotatable bonds is 7. The van der Waals surface area contributed by atoms with Crippen LogP contribution < -0.4 is 20.1 Å². The first-order chi connectivity index (χ1) is 12.2. The second-order valence-electron chi connectivity index (χ2n) is 5.23. The molecular formula is C18H24ClIN4O2. The summed E-state index contributed by atoms with van der Waals surface area (Å²) in [7, 11) is 4.97. The predicted molar refractivity (Wildman–Crippen MR) is 116 cm³/mol. The number of hydrogen-bond donors (Lipinski definition) is 2. The number of benzene rings is 1. The van der Waals surface area contributed by atoms with Crippen LogP contribution in [0.5, 0.6) is 11.6 Å². The summed E-state index contributed by atoms with van der Waals surface area (Å²) < 4.78 is 10.4. The standard InChI is InChI=1S/C18H23ClN4O2.HI/c1-20-18(23-12-14-5-4-9-21-17(14)25-3)22-10-8-13-6-7-15(24-2)11-16(13)19;/h4-7,9,11H,8,10,12H2,1-3H3,(H2,20,22,23);1H. The molecule has 0 aliphatic heterocycles. The first-order valence-electron chi connectivity index (χ1n) is 7.92. The maximum absolute atomic E-state index is 6.26. The molecule has 142 valence electrons. The van der Waals surface area contributed by atoms with Crippen molar-refractivity contribution >= 4 is 41.5 Å². The molecule has 0 saturated carbocycles. The first-order valence-corrected chi connectivity index (χ1v) is 8.30. The van der Waals surface area contributed by atoms with Gasteiger partial charge in [-0.05, 0) is 30.2 Å². The second kappa shape index (κ2) is 11.8. The molecule has 26 heavy (non-hydrogen) atoms. The van der Waals surface area contributed by atoms with E-state index in [1.54, 1.807) is 27.5 Å². The molecule has 0 radical (unpaired) electrons. The van der Waals surface area contributed by atoms with Crippen molar-refractivity contribution in [2.45, 2.75) is 13.0 Å². The molecule has 0 atom stereocenters. The molecule has 2 N–H and O–H groups in total. The molecule has 0 saturated heterocycles. The van der Waals surface area contributed by atoms with Crippen LogP contribution in [0.3, 0.4) is 0 Å². The fraction of sp³-hybridized carbons (Fsp3) is 0.333. The van der Waals surface area contributed by atoms with Crippen molar-refractivity contribution in [1.29, 1.82) is 0 Å². The first kappa shape index (κ1) is 22.3. The molecule has 8 heteroatoms. The van der Waals surface area contributed by atoms with Gasteiger partial charge in [0.25, 0.3) is 0 Å². The number of aliphatic imine (C=N–C) groups is 1. The topological polar surface area (TPSA) is 67.8 Å². The highest BCUT2D eigenvalue weighted by molar-refractivity contribution is 14.0. The zero-order chi connectivity index (χ0) is 18.1. The Morgan fingerprint density at radius 3 is 2.62 bits per heavy atom. The molecule has 0 aliphatic rings. The van der Waals surface area contributed by atoms with Crippen molar-refractivity contribution in [3.05, 3.63) is 52.7 Å². The Bertz CT molecular complexity index is 728. The molecule has 1 heterocycles. The largest absolute Gasteiger partial charge is 0.497 e. The monoisotopic (exact) mass is 490 g/mol. The summed E-state index contributed by atoms with van der Waals surface area (Å²) in [6, 6.07) is 9.53. The van der Waals surface area contributed by atoms with Crippen molar-refractivity contribution < 1.29 is 9.47 Å². The van der Waals surface area contributed by atoms with Crippen LogP contribution in [0.25, 0.3) is 0 Å². The summed E-state index contributed by atoms with van der Waals surface area (Å²) in [6.45, 7) is 1.27. The van der Waals surface area contributed by atoms with Gasteiger partial charge in [-0.15, -0.1) is 24.0 Å². The molecule has 2 rings (SSSR count). The minimum absolute atomic E-state index is 0. The molecule has 0 spiro atoms. The highest BCUT2D eigenvalue weighted by Crippen LogP contribution is 2.22. The summed E-state index contributed by atoms with van der Waals surface area (Å²) in [6.07, 6.45) is 2.48. The molecule has 0 bridgehead atoms. The van der Waals surface area contributed by atoms with E-state index in [2.05, 4.69) is 20.6 Å². The van der Waals surface area contributed by atoms with Crippen molar-refractivity contribution in [3.8, 4) is 11.6 Å². The predicted octanol–water partition coefficient (Wildman–Crippen LogP) is 3.28. The molecule has 0 fully saturated rings. The van der Waals surface area contributed by atoms with E-state index < -0.39 is 0 Å². The Kier molecular flexibility index (Phi) is 10.1. The average Bonchev–Trinajstić information content (AvgIpc) is 2.65. The van der Waals surface area contributed by atoms with Crippen molar-refractivity contribution in [3.63, 3.8) is 0 Å². The Hall–Kier alpha value is -1.74. The molecule has 2 aromatic rings. The fourth-order valence-corrected chi connectivity index (χ4v) is 2.58. The normalized spacial score (nSPS) is 10.7. The molecule has 0 aliphatic carbocycles. The lowest BCUT2D eigenvalue weighted by Gasteiger charge is -2.13. The van der Waals surface area contributed by atoms with Gasteiger partial charge in [-0.25, -0.2) is 4.98 Å². The lowest BCUT2D eigenvalue weighted by atomic mass is 10.1. The minimum Gasteiger partial charge on any atom is -0.497 e. The number of aromatic nitrogens is 1. The number of methoxy groups -OCH3 is 2. The Morgan fingerprint density at radius 2 is 1.96 bits per heavy atom. The minimum atomic E-state index is 0. The number of nitrogens with zero attached hydrogens (tertiary/aromatic N) is 2. The zero-order valence-corrected chi connectivity index (χ0v) is 18.2. The molecule has 6 nitrogen and oxygen atoms in total. The Morgan fingerprint density at radius 1 is 1.15 bits per heavy atom. The smallest absolute Gasteiger partial charge is 0.218 e. The molecule has 1 aromatic carbocycles. The third-order valence-corrected chi connectivity index (χ3v) is 4.01. The van der Waals surface area contributed by atoms with Crippen LogP contribution in [0.1, 0.15) is 11.1 Å². The van der Waals surface area contributed by atoms with Gasteiger partial charge in [0.1, 0.15) is 5.75 Å². The van der Waals surface area contributed by atoms with E-state index in [1.165, 1.54) is 0 Å². The second-order valence-corrected chi connectivity index (χ2v) is 5.64. The molecule has 1 aromatic heterocycles. The summed E-state index contributed by atoms with van der Waals surface area (Å²) in [5, 5.41) is 7.21. The van der Waals surface area contributed by atoms with E-state index in [0.717, 1.165) is 23.3 Å². The van der Waals surface area contributed by atoms with Gasteiger partial charge in [0, 0.05) is 36.9 Å². The summed E-state index contributed by atoms with van der Waals surface area (Å²) in [4.78, 5) is 8.40. The van der Waals surface area contributed by atoms with E-state index in [0.29, 0.717) is 30.0 Å². The SMILES string of the molecule is CN=C(NCCc1ccc(OC)cc1Cl)NCc1cccnc1OC.I. The fourth-order valence-electron chi connectivity index (χ4n) is 2.32. The van der Waals surface area contributed by atoms with E-state index in [9.17, 15) is 0 Å². The molecule has 0 unspecified atom stereocenters. The number of pyridine rings is 1. The van der Waals surface area contributed by atoms with Gasteiger partial charge in [0.05, 0.1) is 14.2 Å². The maximum atomic E-state index is 6.26. The number of ether oxygens (including phenoxy) is 2. The lowest BCUT2D eigenvalue weighted by molar-refractivity contribution is 0.392. The van der Waals surface area contributed by atoms with E-state index in [4.69, 9.17) is 21.1 Å². The van der Waals surface area contributed by atoms with Gasteiger partial charge in [0.15, 0.2) is 5.96 Å². The number of nitrogens with one attached hydrogen (secondary N) is 2. The van der Waals surface area contributed by atoms with E-state index >= 15 is 0 Å². The highest BCUT2D eigenvalue weighted by atomic mass is 127.